The van der Waals surface area contributed by atoms with E-state index in [9.17, 15) is 5.11 Å². The lowest BCUT2D eigenvalue weighted by Gasteiger charge is -2.12. The van der Waals surface area contributed by atoms with Gasteiger partial charge in [-0.3, -0.25) is 5.41 Å². The van der Waals surface area contributed by atoms with Crippen LogP contribution in [-0.2, 0) is 6.54 Å². The highest BCUT2D eigenvalue weighted by atomic mass is 16.3. The van der Waals surface area contributed by atoms with Crippen molar-refractivity contribution in [3.05, 3.63) is 89.2 Å². The van der Waals surface area contributed by atoms with Crippen molar-refractivity contribution in [1.82, 2.24) is 0 Å². The summed E-state index contributed by atoms with van der Waals surface area (Å²) < 4.78 is 0. The van der Waals surface area contributed by atoms with Crippen molar-refractivity contribution in [2.75, 3.05) is 11.9 Å². The van der Waals surface area contributed by atoms with Gasteiger partial charge in [-0.15, -0.1) is 0 Å². The highest BCUT2D eigenvalue weighted by molar-refractivity contribution is 6.12. The second-order valence-corrected chi connectivity index (χ2v) is 5.48. The molecule has 124 valence electrons. The molecule has 0 fully saturated rings. The van der Waals surface area contributed by atoms with Gasteiger partial charge in [-0.25, -0.2) is 0 Å². The predicted octanol–water partition coefficient (Wildman–Crippen LogP) is 4.05. The molecule has 0 saturated heterocycles. The maximum atomic E-state index is 10.1. The van der Waals surface area contributed by atoms with Gasteiger partial charge in [0.1, 0.15) is 11.5 Å². The number of hydrogen-bond acceptors (Lipinski definition) is 4. The normalized spacial score (nSPS) is 12.1. The lowest BCUT2D eigenvalue weighted by atomic mass is 10.1. The van der Waals surface area contributed by atoms with E-state index < -0.39 is 0 Å². The first-order chi connectivity index (χ1) is 11.6. The smallest absolute Gasteiger partial charge is 0.141 e. The fourth-order valence-electron chi connectivity index (χ4n) is 2.14. The fourth-order valence-corrected chi connectivity index (χ4v) is 2.14. The molecule has 2 rings (SSSR count). The summed E-state index contributed by atoms with van der Waals surface area (Å²) in [6, 6.07) is 17.4. The summed E-state index contributed by atoms with van der Waals surface area (Å²) >= 11 is 0. The van der Waals surface area contributed by atoms with Gasteiger partial charge in [0.05, 0.1) is 6.61 Å². The van der Waals surface area contributed by atoms with E-state index in [0.29, 0.717) is 17.7 Å². The number of benzene rings is 2. The van der Waals surface area contributed by atoms with Gasteiger partial charge in [0.15, 0.2) is 0 Å². The lowest BCUT2D eigenvalue weighted by molar-refractivity contribution is 0.331. The fraction of sp³-hybridized carbons (Fsp3) is 0.150. The molecule has 0 unspecified atom stereocenters. The highest BCUT2D eigenvalue weighted by Crippen LogP contribution is 2.19. The number of hydrogen-bond donors (Lipinski definition) is 4. The molecule has 0 atom stereocenters. The van der Waals surface area contributed by atoms with E-state index in [-0.39, 0.29) is 18.1 Å². The second kappa shape index (κ2) is 8.70. The monoisotopic (exact) mass is 322 g/mol. The first kappa shape index (κ1) is 17.5. The van der Waals surface area contributed by atoms with Crippen LogP contribution < -0.4 is 5.32 Å². The summed E-state index contributed by atoms with van der Waals surface area (Å²) in [4.78, 5) is 0. The Labute approximate surface area is 142 Å². The van der Waals surface area contributed by atoms with E-state index >= 15 is 0 Å². The number of aliphatic hydroxyl groups is 2. The molecule has 0 radical (unpaired) electrons. The first-order valence-corrected chi connectivity index (χ1v) is 7.75. The Balaban J connectivity index is 2.17. The van der Waals surface area contributed by atoms with Crippen molar-refractivity contribution in [2.45, 2.75) is 13.5 Å². The van der Waals surface area contributed by atoms with Crippen LogP contribution in [-0.4, -0.2) is 22.5 Å². The molecule has 0 aromatic heterocycles. The number of anilines is 1. The Hall–Kier alpha value is -2.85. The third kappa shape index (κ3) is 4.83. The van der Waals surface area contributed by atoms with Gasteiger partial charge in [-0.05, 0) is 30.2 Å². The van der Waals surface area contributed by atoms with Gasteiger partial charge < -0.3 is 15.5 Å². The Morgan fingerprint density at radius 3 is 2.42 bits per heavy atom. The molecule has 0 bridgehead atoms. The molecule has 0 aliphatic heterocycles. The van der Waals surface area contributed by atoms with Gasteiger partial charge in [0.2, 0.25) is 0 Å². The van der Waals surface area contributed by atoms with E-state index in [1.165, 1.54) is 6.08 Å². The van der Waals surface area contributed by atoms with Crippen LogP contribution in [0.25, 0.3) is 0 Å². The average molecular weight is 322 g/mol. The highest BCUT2D eigenvalue weighted by Gasteiger charge is 2.10. The van der Waals surface area contributed by atoms with Crippen molar-refractivity contribution >= 4 is 11.4 Å². The zero-order valence-electron chi connectivity index (χ0n) is 13.7. The summed E-state index contributed by atoms with van der Waals surface area (Å²) in [6.45, 7) is 2.31. The molecule has 4 heteroatoms. The van der Waals surface area contributed by atoms with Crippen LogP contribution in [0.4, 0.5) is 5.69 Å². The Morgan fingerprint density at radius 1 is 1.04 bits per heavy atom. The molecule has 4 N–H and O–H groups in total. The summed E-state index contributed by atoms with van der Waals surface area (Å²) in [5.41, 5.74) is 3.30. The maximum Gasteiger partial charge on any atom is 0.141 e. The van der Waals surface area contributed by atoms with Gasteiger partial charge >= 0.3 is 0 Å². The number of para-hydroxylation sites is 1. The number of nitrogens with one attached hydrogen (secondary N) is 2. The summed E-state index contributed by atoms with van der Waals surface area (Å²) in [5, 5.41) is 30.6. The van der Waals surface area contributed by atoms with E-state index in [4.69, 9.17) is 10.5 Å². The van der Waals surface area contributed by atoms with Gasteiger partial charge in [0.25, 0.3) is 0 Å². The quantitative estimate of drug-likeness (QED) is 0.353. The van der Waals surface area contributed by atoms with Crippen LogP contribution in [0.5, 0.6) is 0 Å². The molecule has 0 spiro atoms. The first-order valence-electron chi connectivity index (χ1n) is 7.75. The number of allylic oxidation sites excluding steroid dienone is 3. The summed E-state index contributed by atoms with van der Waals surface area (Å²) in [7, 11) is 0. The third-order valence-electron chi connectivity index (χ3n) is 3.55. The topological polar surface area (TPSA) is 76.3 Å². The van der Waals surface area contributed by atoms with Crippen molar-refractivity contribution in [3.63, 3.8) is 0 Å². The molecule has 0 amide bonds. The SMILES string of the molecule is C/C(=C\C=C(/O)C(=N)c1ccccc1NCc1ccccc1)CO. The number of aliphatic hydroxyl groups excluding tert-OH is 2. The van der Waals surface area contributed by atoms with Gasteiger partial charge in [-0.1, -0.05) is 54.6 Å². The Kier molecular flexibility index (Phi) is 6.34. The van der Waals surface area contributed by atoms with E-state index in [0.717, 1.165) is 11.3 Å². The number of rotatable bonds is 7. The van der Waals surface area contributed by atoms with Crippen LogP contribution in [0.2, 0.25) is 0 Å². The minimum Gasteiger partial charge on any atom is -0.506 e. The molecule has 0 aliphatic carbocycles. The van der Waals surface area contributed by atoms with Gasteiger partial charge in [-0.2, -0.15) is 0 Å². The molecule has 0 aliphatic rings. The average Bonchev–Trinajstić information content (AvgIpc) is 2.64. The summed E-state index contributed by atoms with van der Waals surface area (Å²) in [6.07, 6.45) is 3.03. The second-order valence-electron chi connectivity index (χ2n) is 5.48. The summed E-state index contributed by atoms with van der Waals surface area (Å²) in [5.74, 6) is -0.142. The van der Waals surface area contributed by atoms with Crippen LogP contribution in [0.1, 0.15) is 18.1 Å². The van der Waals surface area contributed by atoms with Crippen molar-refractivity contribution in [3.8, 4) is 0 Å². The largest absolute Gasteiger partial charge is 0.506 e. The van der Waals surface area contributed by atoms with E-state index in [1.807, 2.05) is 48.5 Å². The van der Waals surface area contributed by atoms with Gasteiger partial charge in [0, 0.05) is 17.8 Å². The lowest BCUT2D eigenvalue weighted by Crippen LogP contribution is -2.09. The standard InChI is InChI=1S/C20H22N2O2/c1-15(14-23)11-12-19(24)20(21)17-9-5-6-10-18(17)22-13-16-7-3-2-4-8-16/h2-12,21-24H,13-14H2,1H3/b15-11+,19-12-,21-20?. The van der Waals surface area contributed by atoms with Crippen molar-refractivity contribution in [2.24, 2.45) is 0 Å². The van der Waals surface area contributed by atoms with E-state index in [1.54, 1.807) is 19.1 Å². The predicted molar refractivity (Wildman–Crippen MR) is 98.6 cm³/mol. The molecule has 2 aromatic rings. The maximum absolute atomic E-state index is 10.1. The van der Waals surface area contributed by atoms with E-state index in [2.05, 4.69) is 5.32 Å². The molecule has 0 saturated carbocycles. The molecular formula is C20H22N2O2. The van der Waals surface area contributed by atoms with Crippen molar-refractivity contribution < 1.29 is 10.2 Å². The van der Waals surface area contributed by atoms with Crippen LogP contribution in [0.15, 0.2) is 78.1 Å². The minimum atomic E-state index is -0.142. The minimum absolute atomic E-state index is 0.0353. The Morgan fingerprint density at radius 2 is 1.71 bits per heavy atom. The third-order valence-corrected chi connectivity index (χ3v) is 3.55. The zero-order valence-corrected chi connectivity index (χ0v) is 13.7. The van der Waals surface area contributed by atoms with Crippen LogP contribution >= 0.6 is 0 Å². The molecule has 24 heavy (non-hydrogen) atoms. The zero-order chi connectivity index (χ0) is 17.4. The van der Waals surface area contributed by atoms with Crippen LogP contribution in [0.3, 0.4) is 0 Å². The van der Waals surface area contributed by atoms with Crippen molar-refractivity contribution in [1.29, 1.82) is 5.41 Å². The Bertz CT molecular complexity index is 749. The molecular weight excluding hydrogens is 300 g/mol. The molecule has 2 aromatic carbocycles. The molecule has 4 nitrogen and oxygen atoms in total. The van der Waals surface area contributed by atoms with Crippen LogP contribution in [0, 0.1) is 5.41 Å². The molecule has 0 heterocycles.